The molecule has 0 amide bonds. The van der Waals surface area contributed by atoms with Gasteiger partial charge < -0.3 is 0 Å². The van der Waals surface area contributed by atoms with Crippen molar-refractivity contribution in [2.24, 2.45) is 0 Å². The normalized spacial score (nSPS) is 6.90. The zero-order valence-electron chi connectivity index (χ0n) is 11.0. The predicted molar refractivity (Wildman–Crippen MR) is 80.5 cm³/mol. The number of benzene rings is 2. The van der Waals surface area contributed by atoms with Crippen molar-refractivity contribution in [2.45, 2.75) is 0 Å². The first-order valence-corrected chi connectivity index (χ1v) is 6.11. The third kappa shape index (κ3) is 10.6. The molecule has 4 nitrogen and oxygen atoms in total. The number of hydrogen-bond donors (Lipinski definition) is 2. The maximum Gasteiger partial charge on any atom is 0.231 e. The van der Waals surface area contributed by atoms with Crippen molar-refractivity contribution in [2.75, 3.05) is 6.38 Å². The van der Waals surface area contributed by atoms with Crippen LogP contribution in [-0.2, 0) is 9.59 Å². The molecule has 5 heteroatoms. The summed E-state index contributed by atoms with van der Waals surface area (Å²) in [7, 11) is 0. The minimum Gasteiger partial charge on any atom is -0.222 e. The second-order valence-corrected chi connectivity index (χ2v) is 2.94. The van der Waals surface area contributed by atoms with E-state index in [1.54, 1.807) is 0 Å². The minimum atomic E-state index is 0.750. The van der Waals surface area contributed by atoms with E-state index in [9.17, 15) is 0 Å². The van der Waals surface area contributed by atoms with E-state index < -0.39 is 0 Å². The summed E-state index contributed by atoms with van der Waals surface area (Å²) in [4.78, 5) is 16.7. The Morgan fingerprint density at radius 1 is 0.700 bits per heavy atom. The van der Waals surface area contributed by atoms with Crippen LogP contribution in [-0.4, -0.2) is 18.5 Å². The Kier molecular flexibility index (Phi) is 16.3. The lowest BCUT2D eigenvalue weighted by Crippen LogP contribution is -1.73. The molecule has 2 rings (SSSR count). The van der Waals surface area contributed by atoms with Crippen molar-refractivity contribution in [3.8, 4) is 11.1 Å². The van der Waals surface area contributed by atoms with Crippen LogP contribution in [0.2, 0.25) is 0 Å². The van der Waals surface area contributed by atoms with Gasteiger partial charge in [-0.25, -0.2) is 20.4 Å². The molecule has 0 saturated heterocycles. The predicted octanol–water partition coefficient (Wildman–Crippen LogP) is 4.01. The summed E-state index contributed by atoms with van der Waals surface area (Å²) in [5.41, 5.74) is 2.55. The molecule has 0 fully saturated rings. The number of hydrogen-bond acceptors (Lipinski definition) is 4. The summed E-state index contributed by atoms with van der Waals surface area (Å²) >= 11 is 4.64. The molecule has 0 aliphatic carbocycles. The van der Waals surface area contributed by atoms with Crippen LogP contribution >= 0.6 is 11.6 Å². The maximum absolute atomic E-state index is 8.35. The van der Waals surface area contributed by atoms with Gasteiger partial charge in [-0.2, -0.15) is 0 Å². The number of alkyl halides is 1. The molecule has 0 aromatic heterocycles. The molecular formula is C15H15ClN2O2. The number of rotatable bonds is 1. The minimum absolute atomic E-state index is 0.750. The fraction of sp³-hybridized carbons (Fsp3) is 0.0667. The van der Waals surface area contributed by atoms with Crippen molar-refractivity contribution >= 4 is 23.8 Å². The van der Waals surface area contributed by atoms with Gasteiger partial charge >= 0.3 is 0 Å². The fourth-order valence-corrected chi connectivity index (χ4v) is 1.26. The van der Waals surface area contributed by atoms with Gasteiger partial charge in [-0.05, 0) is 11.1 Å². The highest BCUT2D eigenvalue weighted by Gasteiger charge is 1.91. The molecule has 0 spiro atoms. The van der Waals surface area contributed by atoms with E-state index in [1.807, 2.05) is 12.1 Å². The fourth-order valence-electron chi connectivity index (χ4n) is 1.26. The molecule has 2 aromatic carbocycles. The third-order valence-electron chi connectivity index (χ3n) is 1.88. The van der Waals surface area contributed by atoms with E-state index in [2.05, 4.69) is 60.1 Å². The summed E-state index contributed by atoms with van der Waals surface area (Å²) in [6, 6.07) is 20.8. The smallest absolute Gasteiger partial charge is 0.222 e. The Morgan fingerprint density at radius 3 is 1.10 bits per heavy atom. The Balaban J connectivity index is 0. The first kappa shape index (κ1) is 19.8. The SMILES string of the molecule is CCl.N=C=O.N=C=O.c1ccc(-c2ccccc2)cc1. The van der Waals surface area contributed by atoms with E-state index >= 15 is 0 Å². The monoisotopic (exact) mass is 290 g/mol. The van der Waals surface area contributed by atoms with Gasteiger partial charge in [0.25, 0.3) is 0 Å². The van der Waals surface area contributed by atoms with Crippen molar-refractivity contribution in [1.29, 1.82) is 10.8 Å². The average molecular weight is 291 g/mol. The van der Waals surface area contributed by atoms with Crippen LogP contribution in [0.25, 0.3) is 11.1 Å². The first-order chi connectivity index (χ1) is 9.79. The van der Waals surface area contributed by atoms with Crippen LogP contribution in [0.5, 0.6) is 0 Å². The molecule has 0 aliphatic rings. The quantitative estimate of drug-likeness (QED) is 0.472. The molecule has 20 heavy (non-hydrogen) atoms. The standard InChI is InChI=1S/C12H10.CH3Cl.2CHNO/c1-3-7-11(8-4-1)12-9-5-2-6-10-12;1-2;2*2-1-3/h1-10H;1H3;2*2H. The summed E-state index contributed by atoms with van der Waals surface area (Å²) in [5.74, 6) is 0. The molecule has 0 bridgehead atoms. The molecule has 104 valence electrons. The summed E-state index contributed by atoms with van der Waals surface area (Å²) in [6.45, 7) is 0. The van der Waals surface area contributed by atoms with Gasteiger partial charge in [0.15, 0.2) is 0 Å². The lowest BCUT2D eigenvalue weighted by Gasteiger charge is -1.98. The summed E-state index contributed by atoms with van der Waals surface area (Å²) < 4.78 is 0. The van der Waals surface area contributed by atoms with E-state index in [-0.39, 0.29) is 0 Å². The second-order valence-electron chi connectivity index (χ2n) is 2.94. The molecule has 0 radical (unpaired) electrons. The van der Waals surface area contributed by atoms with Crippen molar-refractivity contribution in [3.05, 3.63) is 60.7 Å². The highest BCUT2D eigenvalue weighted by Crippen LogP contribution is 2.17. The molecule has 0 unspecified atom stereocenters. The third-order valence-corrected chi connectivity index (χ3v) is 1.88. The Bertz CT molecular complexity index is 454. The van der Waals surface area contributed by atoms with Gasteiger partial charge in [0, 0.05) is 6.38 Å². The zero-order chi connectivity index (χ0) is 15.6. The average Bonchev–Trinajstić information content (AvgIpc) is 2.53. The van der Waals surface area contributed by atoms with Crippen LogP contribution in [0.4, 0.5) is 0 Å². The Labute approximate surface area is 123 Å². The number of isocyanates is 2. The van der Waals surface area contributed by atoms with Crippen molar-refractivity contribution in [1.82, 2.24) is 0 Å². The Morgan fingerprint density at radius 2 is 0.900 bits per heavy atom. The highest BCUT2D eigenvalue weighted by atomic mass is 35.5. The van der Waals surface area contributed by atoms with Crippen LogP contribution in [0.3, 0.4) is 0 Å². The molecule has 0 atom stereocenters. The van der Waals surface area contributed by atoms with E-state index in [4.69, 9.17) is 20.4 Å². The molecular weight excluding hydrogens is 276 g/mol. The van der Waals surface area contributed by atoms with Gasteiger partial charge in [0.05, 0.1) is 0 Å². The highest BCUT2D eigenvalue weighted by molar-refractivity contribution is 6.15. The van der Waals surface area contributed by atoms with E-state index in [0.717, 1.165) is 12.2 Å². The number of carbonyl (C=O) groups excluding carboxylic acids is 2. The molecule has 0 saturated carbocycles. The molecule has 0 aliphatic heterocycles. The van der Waals surface area contributed by atoms with Gasteiger partial charge in [-0.15, -0.1) is 11.6 Å². The van der Waals surface area contributed by atoms with Crippen LogP contribution < -0.4 is 0 Å². The topological polar surface area (TPSA) is 81.8 Å². The van der Waals surface area contributed by atoms with Gasteiger partial charge in [-0.3, -0.25) is 0 Å². The van der Waals surface area contributed by atoms with Crippen LogP contribution in [0.15, 0.2) is 60.7 Å². The second kappa shape index (κ2) is 16.5. The van der Waals surface area contributed by atoms with Gasteiger partial charge in [0.1, 0.15) is 0 Å². The molecule has 2 N–H and O–H groups in total. The van der Waals surface area contributed by atoms with Crippen LogP contribution in [0, 0.1) is 10.8 Å². The molecule has 2 aromatic rings. The largest absolute Gasteiger partial charge is 0.231 e. The number of halogens is 1. The lowest BCUT2D eigenvalue weighted by molar-refractivity contribution is 0.562. The summed E-state index contributed by atoms with van der Waals surface area (Å²) in [6.07, 6.45) is 2.97. The van der Waals surface area contributed by atoms with Crippen LogP contribution in [0.1, 0.15) is 0 Å². The van der Waals surface area contributed by atoms with E-state index in [0.29, 0.717) is 0 Å². The zero-order valence-corrected chi connectivity index (χ0v) is 11.7. The van der Waals surface area contributed by atoms with E-state index in [1.165, 1.54) is 17.5 Å². The van der Waals surface area contributed by atoms with Gasteiger partial charge in [0.2, 0.25) is 12.2 Å². The van der Waals surface area contributed by atoms with Crippen molar-refractivity contribution < 1.29 is 9.59 Å². The van der Waals surface area contributed by atoms with Crippen molar-refractivity contribution in [3.63, 3.8) is 0 Å². The molecule has 0 heterocycles. The summed E-state index contributed by atoms with van der Waals surface area (Å²) in [5, 5.41) is 10.8. The first-order valence-electron chi connectivity index (χ1n) is 5.36. The maximum atomic E-state index is 8.35. The lowest BCUT2D eigenvalue weighted by atomic mass is 10.1. The van der Waals surface area contributed by atoms with Gasteiger partial charge in [-0.1, -0.05) is 60.7 Å². The Hall–Kier alpha value is -2.51. The number of nitrogens with one attached hydrogen (secondary N) is 2.